The molecule has 0 N–H and O–H groups in total. The molecule has 130 valence electrons. The molecule has 1 fully saturated rings. The van der Waals surface area contributed by atoms with Gasteiger partial charge in [0, 0.05) is 56.9 Å². The van der Waals surface area contributed by atoms with Crippen LogP contribution >= 0.6 is 11.6 Å². The predicted octanol–water partition coefficient (Wildman–Crippen LogP) is 3.32. The number of hydrogen-bond acceptors (Lipinski definition) is 4. The van der Waals surface area contributed by atoms with Crippen molar-refractivity contribution in [3.63, 3.8) is 0 Å². The fraction of sp³-hybridized carbons (Fsp3) is 0.316. The number of benzene rings is 1. The number of hydrogen-bond donors (Lipinski definition) is 0. The summed E-state index contributed by atoms with van der Waals surface area (Å²) in [5.74, 6) is 0.906. The third-order valence-corrected chi connectivity index (χ3v) is 4.86. The third-order valence-electron chi connectivity index (χ3n) is 4.64. The molecule has 0 spiro atoms. The number of ether oxygens (including phenoxy) is 1. The Morgan fingerprint density at radius 1 is 1.08 bits per heavy atom. The highest BCUT2D eigenvalue weighted by molar-refractivity contribution is 6.30. The molecule has 0 saturated carbocycles. The van der Waals surface area contributed by atoms with Crippen LogP contribution in [0.2, 0.25) is 5.02 Å². The molecule has 3 heterocycles. The van der Waals surface area contributed by atoms with Crippen LogP contribution in [0.25, 0.3) is 5.65 Å². The Morgan fingerprint density at radius 2 is 1.92 bits per heavy atom. The van der Waals surface area contributed by atoms with E-state index in [1.165, 1.54) is 5.69 Å². The van der Waals surface area contributed by atoms with Crippen molar-refractivity contribution in [3.05, 3.63) is 59.5 Å². The van der Waals surface area contributed by atoms with Crippen molar-refractivity contribution in [1.29, 1.82) is 0 Å². The first-order valence-electron chi connectivity index (χ1n) is 8.46. The lowest BCUT2D eigenvalue weighted by atomic mass is 10.2. The molecule has 0 bridgehead atoms. The highest BCUT2D eigenvalue weighted by atomic mass is 35.5. The molecule has 4 rings (SSSR count). The summed E-state index contributed by atoms with van der Waals surface area (Å²) in [4.78, 5) is 9.53. The minimum atomic E-state index is 0.725. The Balaban J connectivity index is 1.39. The number of piperazine rings is 1. The molecule has 0 unspecified atom stereocenters. The Morgan fingerprint density at radius 3 is 2.72 bits per heavy atom. The monoisotopic (exact) mass is 356 g/mol. The summed E-state index contributed by atoms with van der Waals surface area (Å²) in [5.41, 5.74) is 3.24. The zero-order valence-electron chi connectivity index (χ0n) is 14.2. The molecular formula is C19H21ClN4O. The van der Waals surface area contributed by atoms with Crippen LogP contribution in [-0.4, -0.2) is 47.6 Å². The summed E-state index contributed by atoms with van der Waals surface area (Å²) in [7, 11) is 1.71. The summed E-state index contributed by atoms with van der Waals surface area (Å²) in [6.45, 7) is 4.92. The van der Waals surface area contributed by atoms with Crippen molar-refractivity contribution >= 4 is 22.9 Å². The maximum absolute atomic E-state index is 6.04. The molecule has 1 aromatic carbocycles. The largest absolute Gasteiger partial charge is 0.497 e. The number of anilines is 1. The van der Waals surface area contributed by atoms with Gasteiger partial charge in [0.1, 0.15) is 11.4 Å². The molecule has 6 heteroatoms. The van der Waals surface area contributed by atoms with Crippen molar-refractivity contribution in [2.45, 2.75) is 6.54 Å². The van der Waals surface area contributed by atoms with Crippen LogP contribution < -0.4 is 9.64 Å². The zero-order valence-corrected chi connectivity index (χ0v) is 15.0. The van der Waals surface area contributed by atoms with Gasteiger partial charge in [-0.25, -0.2) is 4.98 Å². The van der Waals surface area contributed by atoms with E-state index in [9.17, 15) is 0 Å². The van der Waals surface area contributed by atoms with Gasteiger partial charge in [0.2, 0.25) is 0 Å². The minimum absolute atomic E-state index is 0.725. The zero-order chi connectivity index (χ0) is 17.2. The maximum Gasteiger partial charge on any atom is 0.137 e. The predicted molar refractivity (Wildman–Crippen MR) is 101 cm³/mol. The third kappa shape index (κ3) is 3.57. The average Bonchev–Trinajstić information content (AvgIpc) is 3.03. The van der Waals surface area contributed by atoms with E-state index in [1.54, 1.807) is 7.11 Å². The van der Waals surface area contributed by atoms with Crippen LogP contribution in [0.5, 0.6) is 5.75 Å². The fourth-order valence-corrected chi connectivity index (χ4v) is 3.46. The number of fused-ring (bicyclic) bond motifs is 1. The second-order valence-electron chi connectivity index (χ2n) is 6.31. The summed E-state index contributed by atoms with van der Waals surface area (Å²) in [6, 6.07) is 12.1. The Labute approximate surface area is 152 Å². The van der Waals surface area contributed by atoms with Crippen LogP contribution in [0.15, 0.2) is 48.8 Å². The lowest BCUT2D eigenvalue weighted by Crippen LogP contribution is -2.46. The number of pyridine rings is 1. The first-order valence-corrected chi connectivity index (χ1v) is 8.83. The molecule has 1 aliphatic rings. The van der Waals surface area contributed by atoms with Gasteiger partial charge >= 0.3 is 0 Å². The van der Waals surface area contributed by atoms with E-state index >= 15 is 0 Å². The van der Waals surface area contributed by atoms with E-state index < -0.39 is 0 Å². The molecule has 5 nitrogen and oxygen atoms in total. The van der Waals surface area contributed by atoms with Crippen LogP contribution in [0.1, 0.15) is 5.69 Å². The molecule has 2 aromatic heterocycles. The quantitative estimate of drug-likeness (QED) is 0.718. The van der Waals surface area contributed by atoms with E-state index in [0.29, 0.717) is 0 Å². The topological polar surface area (TPSA) is 33.0 Å². The van der Waals surface area contributed by atoms with Gasteiger partial charge in [0.25, 0.3) is 0 Å². The average molecular weight is 357 g/mol. The van der Waals surface area contributed by atoms with Crippen molar-refractivity contribution in [2.24, 2.45) is 0 Å². The Kier molecular flexibility index (Phi) is 4.51. The van der Waals surface area contributed by atoms with Crippen molar-refractivity contribution in [2.75, 3.05) is 38.2 Å². The van der Waals surface area contributed by atoms with Crippen LogP contribution in [0, 0.1) is 0 Å². The number of rotatable bonds is 4. The summed E-state index contributed by atoms with van der Waals surface area (Å²) in [5, 5.41) is 0.725. The van der Waals surface area contributed by atoms with Crippen molar-refractivity contribution in [1.82, 2.24) is 14.3 Å². The van der Waals surface area contributed by atoms with Gasteiger partial charge < -0.3 is 14.0 Å². The second-order valence-corrected chi connectivity index (χ2v) is 6.75. The Bertz CT molecular complexity index is 871. The van der Waals surface area contributed by atoms with Gasteiger partial charge in [-0.1, -0.05) is 17.7 Å². The minimum Gasteiger partial charge on any atom is -0.497 e. The number of nitrogens with zero attached hydrogens (tertiary/aromatic N) is 4. The van der Waals surface area contributed by atoms with E-state index in [2.05, 4.69) is 33.1 Å². The molecule has 0 atom stereocenters. The number of imidazole rings is 1. The first kappa shape index (κ1) is 16.2. The lowest BCUT2D eigenvalue weighted by molar-refractivity contribution is 0.247. The second kappa shape index (κ2) is 6.94. The lowest BCUT2D eigenvalue weighted by Gasteiger charge is -2.35. The van der Waals surface area contributed by atoms with Gasteiger partial charge in [-0.15, -0.1) is 0 Å². The van der Waals surface area contributed by atoms with E-state index in [-0.39, 0.29) is 0 Å². The normalized spacial score (nSPS) is 15.7. The van der Waals surface area contributed by atoms with Gasteiger partial charge in [-0.2, -0.15) is 0 Å². The number of halogens is 1. The summed E-state index contributed by atoms with van der Waals surface area (Å²) < 4.78 is 7.32. The Hall–Kier alpha value is -2.24. The van der Waals surface area contributed by atoms with E-state index in [1.807, 2.05) is 34.9 Å². The van der Waals surface area contributed by atoms with Crippen molar-refractivity contribution in [3.8, 4) is 5.75 Å². The molecule has 1 saturated heterocycles. The maximum atomic E-state index is 6.04. The SMILES string of the molecule is COc1cccc(N2CCN(Cc3cn4cc(Cl)ccc4n3)CC2)c1. The molecule has 3 aromatic rings. The smallest absolute Gasteiger partial charge is 0.137 e. The van der Waals surface area contributed by atoms with Gasteiger partial charge in [0.05, 0.1) is 17.8 Å². The molecule has 1 aliphatic heterocycles. The summed E-state index contributed by atoms with van der Waals surface area (Å²) in [6.07, 6.45) is 3.96. The highest BCUT2D eigenvalue weighted by Gasteiger charge is 2.18. The summed E-state index contributed by atoms with van der Waals surface area (Å²) >= 11 is 6.04. The standard InChI is InChI=1S/C19H21ClN4O/c1-25-18-4-2-3-17(11-18)23-9-7-22(8-10-23)13-16-14-24-12-15(20)5-6-19(24)21-16/h2-6,11-12,14H,7-10,13H2,1H3. The molecule has 0 aliphatic carbocycles. The van der Waals surface area contributed by atoms with E-state index in [4.69, 9.17) is 16.3 Å². The fourth-order valence-electron chi connectivity index (χ4n) is 3.29. The van der Waals surface area contributed by atoms with Crippen molar-refractivity contribution < 1.29 is 4.74 Å². The molecule has 0 radical (unpaired) electrons. The van der Waals surface area contributed by atoms with E-state index in [0.717, 1.165) is 54.8 Å². The highest BCUT2D eigenvalue weighted by Crippen LogP contribution is 2.22. The van der Waals surface area contributed by atoms with Crippen LogP contribution in [0.3, 0.4) is 0 Å². The van der Waals surface area contributed by atoms with Gasteiger partial charge in [-0.05, 0) is 24.3 Å². The molecular weight excluding hydrogens is 336 g/mol. The molecule has 0 amide bonds. The number of methoxy groups -OCH3 is 1. The molecule has 25 heavy (non-hydrogen) atoms. The van der Waals surface area contributed by atoms with Crippen LogP contribution in [0.4, 0.5) is 5.69 Å². The van der Waals surface area contributed by atoms with Gasteiger partial charge in [0.15, 0.2) is 0 Å². The number of aromatic nitrogens is 2. The first-order chi connectivity index (χ1) is 12.2. The van der Waals surface area contributed by atoms with Gasteiger partial charge in [-0.3, -0.25) is 4.90 Å². The van der Waals surface area contributed by atoms with Crippen LogP contribution in [-0.2, 0) is 6.54 Å².